The Hall–Kier alpha value is -1.59. The van der Waals surface area contributed by atoms with E-state index in [9.17, 15) is 20.1 Å². The van der Waals surface area contributed by atoms with E-state index in [4.69, 9.17) is 0 Å². The molecule has 0 saturated carbocycles. The van der Waals surface area contributed by atoms with Crippen molar-refractivity contribution in [3.8, 4) is 5.75 Å². The molecule has 2 unspecified atom stereocenters. The third-order valence-corrected chi connectivity index (χ3v) is 2.51. The van der Waals surface area contributed by atoms with Crippen molar-refractivity contribution in [1.29, 1.82) is 0 Å². The SMILES string of the molecule is CC(=O)NCC(O)C(O)c1cccc(C)c1O. The van der Waals surface area contributed by atoms with Crippen LogP contribution in [0.2, 0.25) is 0 Å². The first-order valence-electron chi connectivity index (χ1n) is 5.32. The quantitative estimate of drug-likeness (QED) is 0.605. The van der Waals surface area contributed by atoms with E-state index in [-0.39, 0.29) is 23.8 Å². The molecule has 5 nitrogen and oxygen atoms in total. The molecular formula is C12H17NO4. The van der Waals surface area contributed by atoms with Crippen molar-refractivity contribution in [3.63, 3.8) is 0 Å². The molecule has 1 aromatic carbocycles. The minimum absolute atomic E-state index is 0.0399. The van der Waals surface area contributed by atoms with E-state index < -0.39 is 12.2 Å². The summed E-state index contributed by atoms with van der Waals surface area (Å²) in [5.74, 6) is -0.327. The predicted molar refractivity (Wildman–Crippen MR) is 62.5 cm³/mol. The zero-order valence-electron chi connectivity index (χ0n) is 9.84. The molecule has 4 N–H and O–H groups in total. The fraction of sp³-hybridized carbons (Fsp3) is 0.417. The number of hydrogen-bond acceptors (Lipinski definition) is 4. The molecule has 17 heavy (non-hydrogen) atoms. The second kappa shape index (κ2) is 5.65. The topological polar surface area (TPSA) is 89.8 Å². The average Bonchev–Trinajstić information content (AvgIpc) is 2.28. The Morgan fingerprint density at radius 3 is 2.65 bits per heavy atom. The number of carbonyl (C=O) groups excluding carboxylic acids is 1. The Morgan fingerprint density at radius 2 is 2.06 bits per heavy atom. The number of phenolic OH excluding ortho intramolecular Hbond substituents is 1. The average molecular weight is 239 g/mol. The van der Waals surface area contributed by atoms with Gasteiger partial charge < -0.3 is 20.6 Å². The summed E-state index contributed by atoms with van der Waals surface area (Å²) in [5.41, 5.74) is 0.871. The van der Waals surface area contributed by atoms with Crippen molar-refractivity contribution in [1.82, 2.24) is 5.32 Å². The molecular weight excluding hydrogens is 222 g/mol. The van der Waals surface area contributed by atoms with Gasteiger partial charge in [-0.3, -0.25) is 4.79 Å². The fourth-order valence-electron chi connectivity index (χ4n) is 1.49. The van der Waals surface area contributed by atoms with Crippen molar-refractivity contribution in [3.05, 3.63) is 29.3 Å². The molecule has 0 aliphatic rings. The molecule has 1 rings (SSSR count). The van der Waals surface area contributed by atoms with Crippen LogP contribution < -0.4 is 5.32 Å². The second-order valence-corrected chi connectivity index (χ2v) is 3.96. The van der Waals surface area contributed by atoms with Gasteiger partial charge in [0.1, 0.15) is 18.0 Å². The molecule has 1 aromatic rings. The summed E-state index contributed by atoms with van der Waals surface area (Å²) < 4.78 is 0. The van der Waals surface area contributed by atoms with Crippen molar-refractivity contribution in [2.24, 2.45) is 0 Å². The zero-order valence-corrected chi connectivity index (χ0v) is 9.84. The van der Waals surface area contributed by atoms with Crippen LogP contribution in [0.4, 0.5) is 0 Å². The van der Waals surface area contributed by atoms with Gasteiger partial charge in [-0.1, -0.05) is 18.2 Å². The summed E-state index contributed by atoms with van der Waals surface area (Å²) in [5, 5.41) is 31.6. The fourth-order valence-corrected chi connectivity index (χ4v) is 1.49. The lowest BCUT2D eigenvalue weighted by molar-refractivity contribution is -0.119. The monoisotopic (exact) mass is 239 g/mol. The Balaban J connectivity index is 2.77. The number of hydrogen-bond donors (Lipinski definition) is 4. The second-order valence-electron chi connectivity index (χ2n) is 3.96. The van der Waals surface area contributed by atoms with Crippen LogP contribution in [0.3, 0.4) is 0 Å². The molecule has 0 heterocycles. The molecule has 0 aromatic heterocycles. The summed E-state index contributed by atoms with van der Waals surface area (Å²) in [6.07, 6.45) is -2.40. The molecule has 0 fully saturated rings. The van der Waals surface area contributed by atoms with Gasteiger partial charge in [0.05, 0.1) is 0 Å². The van der Waals surface area contributed by atoms with Gasteiger partial charge in [-0.25, -0.2) is 0 Å². The number of phenols is 1. The third kappa shape index (κ3) is 3.44. The summed E-state index contributed by atoms with van der Waals surface area (Å²) in [6.45, 7) is 2.96. The van der Waals surface area contributed by atoms with Crippen LogP contribution in [0.5, 0.6) is 5.75 Å². The maximum atomic E-state index is 10.7. The number of carbonyl (C=O) groups is 1. The Morgan fingerprint density at radius 1 is 1.41 bits per heavy atom. The normalized spacial score (nSPS) is 14.1. The molecule has 5 heteroatoms. The molecule has 0 radical (unpaired) electrons. The minimum Gasteiger partial charge on any atom is -0.507 e. The highest BCUT2D eigenvalue weighted by Crippen LogP contribution is 2.28. The Kier molecular flexibility index (Phi) is 4.48. The zero-order chi connectivity index (χ0) is 13.0. The first-order chi connectivity index (χ1) is 7.93. The van der Waals surface area contributed by atoms with Crippen LogP contribution in [-0.4, -0.2) is 33.9 Å². The van der Waals surface area contributed by atoms with Crippen molar-refractivity contribution in [2.75, 3.05) is 6.54 Å². The van der Waals surface area contributed by atoms with Gasteiger partial charge in [-0.05, 0) is 12.5 Å². The highest BCUT2D eigenvalue weighted by Gasteiger charge is 2.21. The molecule has 0 bridgehead atoms. The third-order valence-electron chi connectivity index (χ3n) is 2.51. The van der Waals surface area contributed by atoms with E-state index in [0.717, 1.165) is 0 Å². The number of amides is 1. The number of aryl methyl sites for hydroxylation is 1. The maximum Gasteiger partial charge on any atom is 0.216 e. The van der Waals surface area contributed by atoms with Gasteiger partial charge in [0.15, 0.2) is 0 Å². The lowest BCUT2D eigenvalue weighted by Gasteiger charge is -2.19. The largest absolute Gasteiger partial charge is 0.507 e. The van der Waals surface area contributed by atoms with E-state index in [1.54, 1.807) is 19.1 Å². The van der Waals surface area contributed by atoms with Gasteiger partial charge >= 0.3 is 0 Å². The minimum atomic E-state index is -1.23. The molecule has 0 aliphatic heterocycles. The van der Waals surface area contributed by atoms with Gasteiger partial charge in [0.25, 0.3) is 0 Å². The van der Waals surface area contributed by atoms with Crippen LogP contribution in [0.25, 0.3) is 0 Å². The molecule has 0 saturated heterocycles. The molecule has 94 valence electrons. The van der Waals surface area contributed by atoms with Crippen LogP contribution in [0.1, 0.15) is 24.2 Å². The number of aliphatic hydroxyl groups is 2. The van der Waals surface area contributed by atoms with E-state index in [0.29, 0.717) is 5.56 Å². The highest BCUT2D eigenvalue weighted by atomic mass is 16.3. The van der Waals surface area contributed by atoms with E-state index >= 15 is 0 Å². The smallest absolute Gasteiger partial charge is 0.216 e. The lowest BCUT2D eigenvalue weighted by atomic mass is 10.0. The lowest BCUT2D eigenvalue weighted by Crippen LogP contribution is -2.34. The standard InChI is InChI=1S/C12H17NO4/c1-7-4-3-5-9(11(7)16)12(17)10(15)6-13-8(2)14/h3-5,10,12,15-17H,6H2,1-2H3,(H,13,14). The maximum absolute atomic E-state index is 10.7. The molecule has 2 atom stereocenters. The molecule has 1 amide bonds. The van der Waals surface area contributed by atoms with Gasteiger partial charge in [0.2, 0.25) is 5.91 Å². The first kappa shape index (κ1) is 13.5. The van der Waals surface area contributed by atoms with Gasteiger partial charge in [-0.2, -0.15) is 0 Å². The number of nitrogens with one attached hydrogen (secondary N) is 1. The number of benzene rings is 1. The Labute approximate surface area is 99.7 Å². The van der Waals surface area contributed by atoms with E-state index in [1.807, 2.05) is 0 Å². The summed E-state index contributed by atoms with van der Waals surface area (Å²) in [4.78, 5) is 10.7. The summed E-state index contributed by atoms with van der Waals surface area (Å²) >= 11 is 0. The molecule has 0 spiro atoms. The van der Waals surface area contributed by atoms with Crippen molar-refractivity contribution < 1.29 is 20.1 Å². The van der Waals surface area contributed by atoms with Gasteiger partial charge in [0, 0.05) is 19.0 Å². The van der Waals surface area contributed by atoms with Crippen LogP contribution in [-0.2, 0) is 4.79 Å². The number of aromatic hydroxyl groups is 1. The van der Waals surface area contributed by atoms with Crippen molar-refractivity contribution >= 4 is 5.91 Å². The van der Waals surface area contributed by atoms with Crippen LogP contribution >= 0.6 is 0 Å². The first-order valence-corrected chi connectivity index (χ1v) is 5.32. The van der Waals surface area contributed by atoms with Crippen LogP contribution in [0, 0.1) is 6.92 Å². The summed E-state index contributed by atoms with van der Waals surface area (Å²) in [7, 11) is 0. The number of rotatable bonds is 4. The summed E-state index contributed by atoms with van der Waals surface area (Å²) in [6, 6.07) is 4.91. The van der Waals surface area contributed by atoms with Crippen LogP contribution in [0.15, 0.2) is 18.2 Å². The number of aliphatic hydroxyl groups excluding tert-OH is 2. The number of para-hydroxylation sites is 1. The predicted octanol–water partition coefficient (Wildman–Crippen LogP) is 0.231. The Bertz CT molecular complexity index is 405. The van der Waals surface area contributed by atoms with Crippen molar-refractivity contribution in [2.45, 2.75) is 26.1 Å². The van der Waals surface area contributed by atoms with E-state index in [1.165, 1.54) is 13.0 Å². The highest BCUT2D eigenvalue weighted by molar-refractivity contribution is 5.72. The van der Waals surface area contributed by atoms with E-state index in [2.05, 4.69) is 5.32 Å². The molecule has 0 aliphatic carbocycles. The van der Waals surface area contributed by atoms with Gasteiger partial charge in [-0.15, -0.1) is 0 Å².